The van der Waals surface area contributed by atoms with E-state index in [1.54, 1.807) is 0 Å². The second kappa shape index (κ2) is 4.86. The number of hydrogen-bond donors (Lipinski definition) is 0. The number of aromatic nitrogens is 3. The predicted molar refractivity (Wildman–Crippen MR) is 85.9 cm³/mol. The first-order valence-corrected chi connectivity index (χ1v) is 7.28. The van der Waals surface area contributed by atoms with E-state index in [1.807, 2.05) is 47.3 Å². The van der Waals surface area contributed by atoms with Gasteiger partial charge in [-0.05, 0) is 18.2 Å². The summed E-state index contributed by atoms with van der Waals surface area (Å²) < 4.78 is 1.95. The first-order chi connectivity index (χ1) is 10.4. The van der Waals surface area contributed by atoms with Crippen molar-refractivity contribution in [1.82, 2.24) is 14.8 Å². The molecule has 0 saturated carbocycles. The molecule has 2 aromatic heterocycles. The number of pyridine rings is 1. The number of alkyl halides is 1. The van der Waals surface area contributed by atoms with E-state index < -0.39 is 0 Å². The summed E-state index contributed by atoms with van der Waals surface area (Å²) in [6.07, 6.45) is 1.88. The monoisotopic (exact) mass is 293 g/mol. The van der Waals surface area contributed by atoms with Crippen LogP contribution in [0.4, 0.5) is 0 Å². The highest BCUT2D eigenvalue weighted by atomic mass is 35.5. The first-order valence-electron chi connectivity index (χ1n) is 6.74. The molecule has 102 valence electrons. The maximum Gasteiger partial charge on any atom is 0.0765 e. The Morgan fingerprint density at radius 2 is 1.81 bits per heavy atom. The smallest absolute Gasteiger partial charge is 0.0765 e. The van der Waals surface area contributed by atoms with Gasteiger partial charge in [0.25, 0.3) is 0 Å². The first kappa shape index (κ1) is 12.4. The fourth-order valence-corrected chi connectivity index (χ4v) is 2.75. The zero-order valence-corrected chi connectivity index (χ0v) is 12.0. The summed E-state index contributed by atoms with van der Waals surface area (Å²) >= 11 is 5.99. The number of rotatable bonds is 2. The Kier molecular flexibility index (Phi) is 2.86. The molecule has 0 radical (unpaired) electrons. The Labute approximate surface area is 126 Å². The zero-order valence-electron chi connectivity index (χ0n) is 11.2. The van der Waals surface area contributed by atoms with Crippen molar-refractivity contribution in [3.8, 4) is 5.69 Å². The van der Waals surface area contributed by atoms with Crippen molar-refractivity contribution in [3.63, 3.8) is 0 Å². The number of hydrogen-bond acceptors (Lipinski definition) is 2. The molecule has 4 rings (SSSR count). The SMILES string of the molecule is ClCc1cc(-n2ncc3ccccc32)c2ccccc2n1. The van der Waals surface area contributed by atoms with Crippen LogP contribution in [0.15, 0.2) is 60.8 Å². The molecule has 0 atom stereocenters. The predicted octanol–water partition coefficient (Wildman–Crippen LogP) is 4.31. The number of para-hydroxylation sites is 2. The van der Waals surface area contributed by atoms with Crippen LogP contribution in [0.5, 0.6) is 0 Å². The molecule has 0 aliphatic carbocycles. The summed E-state index contributed by atoms with van der Waals surface area (Å²) in [6, 6.07) is 18.2. The van der Waals surface area contributed by atoms with Gasteiger partial charge in [0.15, 0.2) is 0 Å². The van der Waals surface area contributed by atoms with E-state index in [1.165, 1.54) is 0 Å². The highest BCUT2D eigenvalue weighted by Crippen LogP contribution is 2.25. The third kappa shape index (κ3) is 1.98. The topological polar surface area (TPSA) is 30.7 Å². The number of halogens is 1. The molecule has 0 bridgehead atoms. The maximum absolute atomic E-state index is 5.99. The van der Waals surface area contributed by atoms with Crippen molar-refractivity contribution in [2.75, 3.05) is 0 Å². The molecule has 0 fully saturated rings. The summed E-state index contributed by atoms with van der Waals surface area (Å²) in [5.74, 6) is 0.386. The molecule has 3 nitrogen and oxygen atoms in total. The van der Waals surface area contributed by atoms with E-state index in [0.717, 1.165) is 33.2 Å². The van der Waals surface area contributed by atoms with Crippen LogP contribution in [0.2, 0.25) is 0 Å². The van der Waals surface area contributed by atoms with E-state index in [-0.39, 0.29) is 0 Å². The Morgan fingerprint density at radius 1 is 1.00 bits per heavy atom. The van der Waals surface area contributed by atoms with E-state index in [0.29, 0.717) is 5.88 Å². The van der Waals surface area contributed by atoms with Gasteiger partial charge in [0, 0.05) is 10.8 Å². The lowest BCUT2D eigenvalue weighted by Gasteiger charge is -2.09. The number of nitrogens with zero attached hydrogens (tertiary/aromatic N) is 3. The average molecular weight is 294 g/mol. The number of benzene rings is 2. The largest absolute Gasteiger partial charge is 0.251 e. The maximum atomic E-state index is 5.99. The fourth-order valence-electron chi connectivity index (χ4n) is 2.62. The quantitative estimate of drug-likeness (QED) is 0.516. The molecular weight excluding hydrogens is 282 g/mol. The molecule has 21 heavy (non-hydrogen) atoms. The molecule has 0 spiro atoms. The third-order valence-corrected chi connectivity index (χ3v) is 3.86. The molecule has 0 N–H and O–H groups in total. The molecule has 0 amide bonds. The summed E-state index contributed by atoms with van der Waals surface area (Å²) in [6.45, 7) is 0. The molecule has 2 aromatic carbocycles. The molecule has 0 aliphatic rings. The molecule has 0 unspecified atom stereocenters. The Morgan fingerprint density at radius 3 is 2.71 bits per heavy atom. The summed E-state index contributed by atoms with van der Waals surface area (Å²) in [5.41, 5.74) is 3.88. The van der Waals surface area contributed by atoms with Gasteiger partial charge >= 0.3 is 0 Å². The van der Waals surface area contributed by atoms with Gasteiger partial charge in [-0.15, -0.1) is 11.6 Å². The van der Waals surface area contributed by atoms with E-state index in [4.69, 9.17) is 11.6 Å². The lowest BCUT2D eigenvalue weighted by molar-refractivity contribution is 0.913. The summed E-state index contributed by atoms with van der Waals surface area (Å²) in [5, 5.41) is 6.72. The van der Waals surface area contributed by atoms with Crippen LogP contribution in [-0.4, -0.2) is 14.8 Å². The van der Waals surface area contributed by atoms with Gasteiger partial charge < -0.3 is 0 Å². The molecule has 0 aliphatic heterocycles. The van der Waals surface area contributed by atoms with Crippen molar-refractivity contribution < 1.29 is 0 Å². The van der Waals surface area contributed by atoms with Crippen LogP contribution >= 0.6 is 11.6 Å². The second-order valence-electron chi connectivity index (χ2n) is 4.90. The standard InChI is InChI=1S/C17H12ClN3/c18-10-13-9-17(14-6-2-3-7-15(14)20-13)21-16-8-4-1-5-12(16)11-19-21/h1-9,11H,10H2. The highest BCUT2D eigenvalue weighted by Gasteiger charge is 2.10. The van der Waals surface area contributed by atoms with Gasteiger partial charge in [-0.1, -0.05) is 36.4 Å². The van der Waals surface area contributed by atoms with Gasteiger partial charge in [0.1, 0.15) is 0 Å². The van der Waals surface area contributed by atoms with E-state index in [9.17, 15) is 0 Å². The summed E-state index contributed by atoms with van der Waals surface area (Å²) in [4.78, 5) is 4.57. The molecule has 0 saturated heterocycles. The molecule has 4 aromatic rings. The summed E-state index contributed by atoms with van der Waals surface area (Å²) in [7, 11) is 0. The second-order valence-corrected chi connectivity index (χ2v) is 5.17. The fraction of sp³-hybridized carbons (Fsp3) is 0.0588. The van der Waals surface area contributed by atoms with Crippen LogP contribution in [-0.2, 0) is 5.88 Å². The van der Waals surface area contributed by atoms with Crippen molar-refractivity contribution in [2.45, 2.75) is 5.88 Å². The van der Waals surface area contributed by atoms with Crippen LogP contribution in [0.25, 0.3) is 27.5 Å². The normalized spacial score (nSPS) is 11.3. The third-order valence-electron chi connectivity index (χ3n) is 3.59. The van der Waals surface area contributed by atoms with Crippen molar-refractivity contribution in [3.05, 3.63) is 66.5 Å². The minimum Gasteiger partial charge on any atom is -0.251 e. The lowest BCUT2D eigenvalue weighted by atomic mass is 10.1. The van der Waals surface area contributed by atoms with E-state index >= 15 is 0 Å². The Bertz CT molecular complexity index is 943. The molecule has 2 heterocycles. The van der Waals surface area contributed by atoms with Crippen molar-refractivity contribution in [1.29, 1.82) is 0 Å². The minimum absolute atomic E-state index is 0.386. The van der Waals surface area contributed by atoms with E-state index in [2.05, 4.69) is 28.3 Å². The minimum atomic E-state index is 0.386. The van der Waals surface area contributed by atoms with Gasteiger partial charge in [0.05, 0.1) is 34.5 Å². The Balaban J connectivity index is 2.09. The van der Waals surface area contributed by atoms with Gasteiger partial charge in [-0.25, -0.2) is 4.68 Å². The highest BCUT2D eigenvalue weighted by molar-refractivity contribution is 6.17. The van der Waals surface area contributed by atoms with Gasteiger partial charge in [-0.3, -0.25) is 4.98 Å². The van der Waals surface area contributed by atoms with Gasteiger partial charge in [-0.2, -0.15) is 5.10 Å². The van der Waals surface area contributed by atoms with Gasteiger partial charge in [0.2, 0.25) is 0 Å². The van der Waals surface area contributed by atoms with Crippen molar-refractivity contribution >= 4 is 33.4 Å². The molecular formula is C17H12ClN3. The Hall–Kier alpha value is -2.39. The van der Waals surface area contributed by atoms with Crippen molar-refractivity contribution in [2.24, 2.45) is 0 Å². The van der Waals surface area contributed by atoms with Crippen LogP contribution in [0.1, 0.15) is 5.69 Å². The molecule has 4 heteroatoms. The average Bonchev–Trinajstić information content (AvgIpc) is 2.97. The zero-order chi connectivity index (χ0) is 14.2. The number of fused-ring (bicyclic) bond motifs is 2. The van der Waals surface area contributed by atoms with Crippen LogP contribution < -0.4 is 0 Å². The van der Waals surface area contributed by atoms with Crippen LogP contribution in [0, 0.1) is 0 Å². The van der Waals surface area contributed by atoms with Crippen LogP contribution in [0.3, 0.4) is 0 Å². The lowest BCUT2D eigenvalue weighted by Crippen LogP contribution is -2.00.